The molecule has 0 spiro atoms. The second kappa shape index (κ2) is 13.3. The van der Waals surface area contributed by atoms with Crippen LogP contribution in [-0.4, -0.2) is 31.0 Å². The van der Waals surface area contributed by atoms with E-state index >= 15 is 0 Å². The molecule has 0 radical (unpaired) electrons. The monoisotopic (exact) mass is 510 g/mol. The van der Waals surface area contributed by atoms with E-state index in [2.05, 4.69) is 10.5 Å². The molecule has 1 N–H and O–H groups in total. The Hall–Kier alpha value is -5.11. The maximum Gasteiger partial charge on any atom is 0.343 e. The van der Waals surface area contributed by atoms with Crippen LogP contribution in [0, 0.1) is 0 Å². The highest BCUT2D eigenvalue weighted by molar-refractivity contribution is 5.91. The van der Waals surface area contributed by atoms with Crippen molar-refractivity contribution in [1.29, 1.82) is 0 Å². The minimum atomic E-state index is -1.28. The summed E-state index contributed by atoms with van der Waals surface area (Å²) in [6.07, 6.45) is 0.154. The van der Waals surface area contributed by atoms with Gasteiger partial charge in [0.25, 0.3) is 0 Å². The van der Waals surface area contributed by atoms with Gasteiger partial charge in [0, 0.05) is 0 Å². The van der Waals surface area contributed by atoms with E-state index < -0.39 is 18.2 Å². The normalized spacial score (nSPS) is 10.7. The highest BCUT2D eigenvalue weighted by Crippen LogP contribution is 2.29. The Morgan fingerprint density at radius 3 is 1.95 bits per heavy atom. The first-order valence-corrected chi connectivity index (χ1v) is 11.9. The predicted octanol–water partition coefficient (Wildman–Crippen LogP) is 5.24. The van der Waals surface area contributed by atoms with Gasteiger partial charge >= 0.3 is 18.2 Å². The van der Waals surface area contributed by atoms with Crippen molar-refractivity contribution in [2.45, 2.75) is 13.2 Å². The van der Waals surface area contributed by atoms with E-state index in [9.17, 15) is 9.59 Å². The standard InChI is InChI=1S/C30H26N2O6/c1-2-35-27-20-22(18-19-26(27)38-29(34)23-12-6-3-7-13-23)21-31-32-28(33)30(36-24-14-8-4-9-15-24)37-25-16-10-5-11-17-25/h3-21,30H,2H2,1H3,(H,32,33)/b31-21-. The number of nitrogens with one attached hydrogen (secondary N) is 1. The molecule has 0 saturated heterocycles. The molecule has 1 amide bonds. The zero-order valence-electron chi connectivity index (χ0n) is 20.7. The predicted molar refractivity (Wildman–Crippen MR) is 143 cm³/mol. The summed E-state index contributed by atoms with van der Waals surface area (Å²) in [6.45, 7) is 2.19. The van der Waals surface area contributed by atoms with Crippen LogP contribution in [0.3, 0.4) is 0 Å². The minimum absolute atomic E-state index is 0.273. The molecular weight excluding hydrogens is 484 g/mol. The summed E-state index contributed by atoms with van der Waals surface area (Å²) in [6, 6.07) is 31.4. The number of nitrogens with zero attached hydrogens (tertiary/aromatic N) is 1. The van der Waals surface area contributed by atoms with Gasteiger partial charge in [0.2, 0.25) is 0 Å². The van der Waals surface area contributed by atoms with Gasteiger partial charge in [-0.2, -0.15) is 5.10 Å². The number of esters is 1. The summed E-state index contributed by atoms with van der Waals surface area (Å²) in [4.78, 5) is 25.3. The van der Waals surface area contributed by atoms with Gasteiger partial charge in [-0.3, -0.25) is 4.79 Å². The Kier molecular flexibility index (Phi) is 9.07. The Bertz CT molecular complexity index is 1320. The highest BCUT2D eigenvalue weighted by atomic mass is 16.7. The smallest absolute Gasteiger partial charge is 0.343 e. The number of carbonyl (C=O) groups excluding carboxylic acids is 2. The summed E-state index contributed by atoms with van der Waals surface area (Å²) in [5.74, 6) is 0.471. The molecule has 0 saturated carbocycles. The van der Waals surface area contributed by atoms with Crippen LogP contribution >= 0.6 is 0 Å². The lowest BCUT2D eigenvalue weighted by Crippen LogP contribution is -2.40. The van der Waals surface area contributed by atoms with Crippen LogP contribution < -0.4 is 24.4 Å². The highest BCUT2D eigenvalue weighted by Gasteiger charge is 2.22. The topological polar surface area (TPSA) is 95.5 Å². The van der Waals surface area contributed by atoms with Crippen molar-refractivity contribution < 1.29 is 28.5 Å². The molecule has 8 heteroatoms. The quantitative estimate of drug-likeness (QED) is 0.0975. The van der Waals surface area contributed by atoms with Gasteiger partial charge in [-0.1, -0.05) is 54.6 Å². The molecule has 192 valence electrons. The number of benzene rings is 4. The number of para-hydroxylation sites is 2. The first-order valence-electron chi connectivity index (χ1n) is 11.9. The number of hydrogen-bond acceptors (Lipinski definition) is 7. The van der Waals surface area contributed by atoms with Gasteiger partial charge in [-0.05, 0) is 67.1 Å². The number of rotatable bonds is 11. The Morgan fingerprint density at radius 1 is 0.789 bits per heavy atom. The fraction of sp³-hybridized carbons (Fsp3) is 0.100. The number of hydrazone groups is 1. The van der Waals surface area contributed by atoms with Gasteiger partial charge in [0.1, 0.15) is 11.5 Å². The maximum absolute atomic E-state index is 12.9. The third-order valence-corrected chi connectivity index (χ3v) is 5.05. The van der Waals surface area contributed by atoms with Crippen molar-refractivity contribution in [1.82, 2.24) is 5.43 Å². The second-order valence-electron chi connectivity index (χ2n) is 7.82. The Balaban J connectivity index is 1.44. The first-order chi connectivity index (χ1) is 18.6. The molecule has 0 unspecified atom stereocenters. The molecule has 0 fully saturated rings. The molecule has 0 bridgehead atoms. The first kappa shape index (κ1) is 26.0. The summed E-state index contributed by atoms with van der Waals surface area (Å²) >= 11 is 0. The van der Waals surface area contributed by atoms with E-state index in [1.165, 1.54) is 6.21 Å². The SMILES string of the molecule is CCOc1cc(/C=N\NC(=O)C(Oc2ccccc2)Oc2ccccc2)ccc1OC(=O)c1ccccc1. The number of carbonyl (C=O) groups is 2. The van der Waals surface area contributed by atoms with Gasteiger partial charge in [0.15, 0.2) is 11.5 Å². The van der Waals surface area contributed by atoms with Crippen LogP contribution in [0.5, 0.6) is 23.0 Å². The zero-order valence-corrected chi connectivity index (χ0v) is 20.7. The van der Waals surface area contributed by atoms with E-state index in [4.69, 9.17) is 18.9 Å². The van der Waals surface area contributed by atoms with Crippen LogP contribution in [0.15, 0.2) is 114 Å². The van der Waals surface area contributed by atoms with Crippen molar-refractivity contribution in [3.05, 3.63) is 120 Å². The fourth-order valence-electron chi connectivity index (χ4n) is 3.29. The molecule has 4 aromatic carbocycles. The molecule has 0 aliphatic heterocycles. The van der Waals surface area contributed by atoms with Crippen LogP contribution in [-0.2, 0) is 4.79 Å². The van der Waals surface area contributed by atoms with Crippen LogP contribution in [0.25, 0.3) is 0 Å². The van der Waals surface area contributed by atoms with E-state index in [1.807, 2.05) is 25.1 Å². The average Bonchev–Trinajstić information content (AvgIpc) is 2.95. The van der Waals surface area contributed by atoms with Crippen molar-refractivity contribution >= 4 is 18.1 Å². The summed E-state index contributed by atoms with van der Waals surface area (Å²) < 4.78 is 22.7. The van der Waals surface area contributed by atoms with E-state index in [1.54, 1.807) is 91.0 Å². The zero-order chi connectivity index (χ0) is 26.6. The van der Waals surface area contributed by atoms with Gasteiger partial charge in [-0.15, -0.1) is 0 Å². The molecule has 38 heavy (non-hydrogen) atoms. The molecule has 0 aliphatic carbocycles. The fourth-order valence-corrected chi connectivity index (χ4v) is 3.29. The molecule has 0 heterocycles. The average molecular weight is 511 g/mol. The summed E-state index contributed by atoms with van der Waals surface area (Å²) in [7, 11) is 0. The lowest BCUT2D eigenvalue weighted by atomic mass is 10.2. The van der Waals surface area contributed by atoms with Gasteiger partial charge in [0.05, 0.1) is 18.4 Å². The molecule has 4 rings (SSSR count). The number of amides is 1. The Morgan fingerprint density at radius 2 is 1.37 bits per heavy atom. The van der Waals surface area contributed by atoms with E-state index in [-0.39, 0.29) is 5.75 Å². The Labute approximate surface area is 220 Å². The molecule has 0 aliphatic rings. The largest absolute Gasteiger partial charge is 0.490 e. The van der Waals surface area contributed by atoms with Gasteiger partial charge in [-0.25, -0.2) is 10.2 Å². The minimum Gasteiger partial charge on any atom is -0.490 e. The van der Waals surface area contributed by atoms with Crippen LogP contribution in [0.4, 0.5) is 0 Å². The van der Waals surface area contributed by atoms with Crippen molar-refractivity contribution in [3.8, 4) is 23.0 Å². The third-order valence-electron chi connectivity index (χ3n) is 5.05. The summed E-state index contributed by atoms with van der Waals surface area (Å²) in [5.41, 5.74) is 3.48. The second-order valence-corrected chi connectivity index (χ2v) is 7.82. The molecule has 8 nitrogen and oxygen atoms in total. The van der Waals surface area contributed by atoms with Crippen molar-refractivity contribution in [2.75, 3.05) is 6.61 Å². The van der Waals surface area contributed by atoms with Crippen molar-refractivity contribution in [3.63, 3.8) is 0 Å². The van der Waals surface area contributed by atoms with Crippen molar-refractivity contribution in [2.24, 2.45) is 5.10 Å². The molecule has 0 aromatic heterocycles. The number of hydrogen-bond donors (Lipinski definition) is 1. The molecular formula is C30H26N2O6. The van der Waals surface area contributed by atoms with E-state index in [0.29, 0.717) is 35.0 Å². The van der Waals surface area contributed by atoms with E-state index in [0.717, 1.165) is 0 Å². The van der Waals surface area contributed by atoms with Crippen LogP contribution in [0.2, 0.25) is 0 Å². The van der Waals surface area contributed by atoms with Crippen LogP contribution in [0.1, 0.15) is 22.8 Å². The lowest BCUT2D eigenvalue weighted by Gasteiger charge is -2.18. The summed E-state index contributed by atoms with van der Waals surface area (Å²) in [5, 5.41) is 4.04. The number of ether oxygens (including phenoxy) is 4. The third kappa shape index (κ3) is 7.44. The lowest BCUT2D eigenvalue weighted by molar-refractivity contribution is -0.140. The molecule has 0 atom stereocenters. The maximum atomic E-state index is 12.9. The molecule has 4 aromatic rings. The van der Waals surface area contributed by atoms with Gasteiger partial charge < -0.3 is 18.9 Å².